The molecule has 4 nitrogen and oxygen atoms in total. The zero-order valence-electron chi connectivity index (χ0n) is 11.4. The molecule has 3 aromatic rings. The lowest BCUT2D eigenvalue weighted by Crippen LogP contribution is -2.04. The quantitative estimate of drug-likeness (QED) is 0.797. The normalized spacial score (nSPS) is 12.5. The Bertz CT molecular complexity index is 736. The summed E-state index contributed by atoms with van der Waals surface area (Å²) in [4.78, 5) is 4.36. The lowest BCUT2D eigenvalue weighted by Gasteiger charge is -2.13. The molecule has 0 aliphatic heterocycles. The lowest BCUT2D eigenvalue weighted by molar-refractivity contribution is 0.165. The first-order valence-corrected chi connectivity index (χ1v) is 6.91. The van der Waals surface area contributed by atoms with Crippen molar-refractivity contribution in [2.75, 3.05) is 7.11 Å². The van der Waals surface area contributed by atoms with Crippen molar-refractivity contribution in [3.05, 3.63) is 58.9 Å². The number of hydrogen-bond donors (Lipinski definition) is 1. The van der Waals surface area contributed by atoms with Gasteiger partial charge in [-0.15, -0.1) is 0 Å². The Kier molecular flexibility index (Phi) is 3.82. The second-order valence-electron chi connectivity index (χ2n) is 4.68. The molecule has 0 fully saturated rings. The van der Waals surface area contributed by atoms with Crippen molar-refractivity contribution < 1.29 is 14.3 Å². The Hall–Kier alpha value is -2.04. The number of hydrogen-bond acceptors (Lipinski definition) is 4. The van der Waals surface area contributed by atoms with Crippen LogP contribution in [0.3, 0.4) is 0 Å². The standard InChI is InChI=1S/C16H14ClNO3/c1-20-14-7-6-10(17)8-11(14)13(19)9-16-18-12-4-2-3-5-15(12)21-16/h2-8,13,19H,9H2,1H3. The number of methoxy groups -OCH3 is 1. The van der Waals surface area contributed by atoms with Crippen molar-refractivity contribution in [2.45, 2.75) is 12.5 Å². The minimum atomic E-state index is -0.799. The third-order valence-electron chi connectivity index (χ3n) is 3.26. The van der Waals surface area contributed by atoms with Gasteiger partial charge in [0.1, 0.15) is 11.3 Å². The molecular weight excluding hydrogens is 290 g/mol. The Morgan fingerprint density at radius 2 is 2.10 bits per heavy atom. The Morgan fingerprint density at radius 3 is 2.86 bits per heavy atom. The van der Waals surface area contributed by atoms with Crippen molar-refractivity contribution in [3.8, 4) is 5.75 Å². The van der Waals surface area contributed by atoms with Gasteiger partial charge in [-0.05, 0) is 30.3 Å². The lowest BCUT2D eigenvalue weighted by atomic mass is 10.1. The van der Waals surface area contributed by atoms with Crippen LogP contribution in [0.25, 0.3) is 11.1 Å². The minimum absolute atomic E-state index is 0.255. The average molecular weight is 304 g/mol. The first-order chi connectivity index (χ1) is 10.2. The predicted molar refractivity (Wildman–Crippen MR) is 80.7 cm³/mol. The molecule has 1 N–H and O–H groups in total. The molecule has 0 spiro atoms. The van der Waals surface area contributed by atoms with Crippen LogP contribution in [0, 0.1) is 0 Å². The van der Waals surface area contributed by atoms with Gasteiger partial charge in [0.15, 0.2) is 11.5 Å². The third-order valence-corrected chi connectivity index (χ3v) is 3.49. The summed E-state index contributed by atoms with van der Waals surface area (Å²) < 4.78 is 10.9. The van der Waals surface area contributed by atoms with Crippen LogP contribution in [-0.2, 0) is 6.42 Å². The van der Waals surface area contributed by atoms with Gasteiger partial charge in [-0.1, -0.05) is 23.7 Å². The second-order valence-corrected chi connectivity index (χ2v) is 5.12. The average Bonchev–Trinajstić information content (AvgIpc) is 2.89. The highest BCUT2D eigenvalue weighted by atomic mass is 35.5. The van der Waals surface area contributed by atoms with Crippen LogP contribution in [0.5, 0.6) is 5.75 Å². The van der Waals surface area contributed by atoms with Gasteiger partial charge in [0.25, 0.3) is 0 Å². The van der Waals surface area contributed by atoms with E-state index in [0.717, 1.165) is 5.52 Å². The van der Waals surface area contributed by atoms with Gasteiger partial charge in [-0.3, -0.25) is 0 Å². The van der Waals surface area contributed by atoms with Crippen molar-refractivity contribution in [3.63, 3.8) is 0 Å². The van der Waals surface area contributed by atoms with E-state index >= 15 is 0 Å². The molecule has 0 amide bonds. The van der Waals surface area contributed by atoms with Crippen molar-refractivity contribution >= 4 is 22.7 Å². The third kappa shape index (κ3) is 2.86. The van der Waals surface area contributed by atoms with Crippen LogP contribution in [0.1, 0.15) is 17.6 Å². The number of fused-ring (bicyclic) bond motifs is 1. The van der Waals surface area contributed by atoms with Gasteiger partial charge in [-0.2, -0.15) is 0 Å². The van der Waals surface area contributed by atoms with Gasteiger partial charge < -0.3 is 14.3 Å². The molecule has 0 saturated carbocycles. The maximum Gasteiger partial charge on any atom is 0.198 e. The van der Waals surface area contributed by atoms with Gasteiger partial charge in [0.05, 0.1) is 19.6 Å². The first-order valence-electron chi connectivity index (χ1n) is 6.53. The molecule has 108 valence electrons. The summed E-state index contributed by atoms with van der Waals surface area (Å²) in [5.74, 6) is 1.06. The number of aromatic nitrogens is 1. The zero-order chi connectivity index (χ0) is 14.8. The maximum absolute atomic E-state index is 10.4. The highest BCUT2D eigenvalue weighted by molar-refractivity contribution is 6.30. The van der Waals surface area contributed by atoms with Crippen LogP contribution in [0.4, 0.5) is 0 Å². The Balaban J connectivity index is 1.88. The number of benzene rings is 2. The summed E-state index contributed by atoms with van der Waals surface area (Å²) in [6, 6.07) is 12.6. The number of ether oxygens (including phenoxy) is 1. The molecular formula is C16H14ClNO3. The fourth-order valence-electron chi connectivity index (χ4n) is 2.25. The maximum atomic E-state index is 10.4. The Labute approximate surface area is 126 Å². The Morgan fingerprint density at radius 1 is 1.29 bits per heavy atom. The van der Waals surface area contributed by atoms with Crippen molar-refractivity contribution in [1.82, 2.24) is 4.98 Å². The van der Waals surface area contributed by atoms with Crippen LogP contribution in [-0.4, -0.2) is 17.2 Å². The number of oxazole rings is 1. The fraction of sp³-hybridized carbons (Fsp3) is 0.188. The summed E-state index contributed by atoms with van der Waals surface area (Å²) in [7, 11) is 1.55. The van der Waals surface area contributed by atoms with E-state index < -0.39 is 6.10 Å². The number of para-hydroxylation sites is 2. The molecule has 1 aromatic heterocycles. The fourth-order valence-corrected chi connectivity index (χ4v) is 2.43. The molecule has 3 rings (SSSR count). The molecule has 2 aromatic carbocycles. The molecule has 0 aliphatic carbocycles. The number of aliphatic hydroxyl groups excluding tert-OH is 1. The largest absolute Gasteiger partial charge is 0.496 e. The topological polar surface area (TPSA) is 55.5 Å². The van der Waals surface area contributed by atoms with Crippen molar-refractivity contribution in [1.29, 1.82) is 0 Å². The smallest absolute Gasteiger partial charge is 0.198 e. The van der Waals surface area contributed by atoms with E-state index in [9.17, 15) is 5.11 Å². The molecule has 0 saturated heterocycles. The number of aliphatic hydroxyl groups is 1. The molecule has 1 unspecified atom stereocenters. The van der Waals surface area contributed by atoms with E-state index in [1.54, 1.807) is 25.3 Å². The molecule has 1 heterocycles. The first kappa shape index (κ1) is 13.9. The van der Waals surface area contributed by atoms with Crippen LogP contribution in [0.15, 0.2) is 46.9 Å². The van der Waals surface area contributed by atoms with Crippen molar-refractivity contribution in [2.24, 2.45) is 0 Å². The van der Waals surface area contributed by atoms with E-state index in [1.807, 2.05) is 24.3 Å². The van der Waals surface area contributed by atoms with E-state index in [2.05, 4.69) is 4.98 Å². The van der Waals surface area contributed by atoms with E-state index in [4.69, 9.17) is 20.8 Å². The van der Waals surface area contributed by atoms with Gasteiger partial charge in [-0.25, -0.2) is 4.98 Å². The molecule has 1 atom stereocenters. The van der Waals surface area contributed by atoms with E-state index in [1.165, 1.54) is 0 Å². The van der Waals surface area contributed by atoms with Crippen LogP contribution < -0.4 is 4.74 Å². The summed E-state index contributed by atoms with van der Waals surface area (Å²) in [5, 5.41) is 10.9. The number of nitrogens with zero attached hydrogens (tertiary/aromatic N) is 1. The molecule has 0 bridgehead atoms. The van der Waals surface area contributed by atoms with Crippen LogP contribution in [0.2, 0.25) is 5.02 Å². The monoisotopic (exact) mass is 303 g/mol. The second kappa shape index (κ2) is 5.76. The molecule has 0 aliphatic rings. The molecule has 0 radical (unpaired) electrons. The van der Waals surface area contributed by atoms with E-state index in [0.29, 0.717) is 27.8 Å². The summed E-state index contributed by atoms with van der Waals surface area (Å²) in [5.41, 5.74) is 2.10. The van der Waals surface area contributed by atoms with Gasteiger partial charge in [0, 0.05) is 10.6 Å². The van der Waals surface area contributed by atoms with Gasteiger partial charge >= 0.3 is 0 Å². The summed E-state index contributed by atoms with van der Waals surface area (Å²) in [6.07, 6.45) is -0.544. The predicted octanol–water partition coefficient (Wildman–Crippen LogP) is 3.77. The summed E-state index contributed by atoms with van der Waals surface area (Å²) in [6.45, 7) is 0. The number of rotatable bonds is 4. The highest BCUT2D eigenvalue weighted by Crippen LogP contribution is 2.30. The minimum Gasteiger partial charge on any atom is -0.496 e. The van der Waals surface area contributed by atoms with Crippen LogP contribution >= 0.6 is 11.6 Å². The number of halogens is 1. The molecule has 21 heavy (non-hydrogen) atoms. The summed E-state index contributed by atoms with van der Waals surface area (Å²) >= 11 is 5.98. The van der Waals surface area contributed by atoms with Gasteiger partial charge in [0.2, 0.25) is 0 Å². The zero-order valence-corrected chi connectivity index (χ0v) is 12.2. The highest BCUT2D eigenvalue weighted by Gasteiger charge is 2.17. The van der Waals surface area contributed by atoms with E-state index in [-0.39, 0.29) is 6.42 Å². The molecule has 5 heteroatoms. The SMILES string of the molecule is COc1ccc(Cl)cc1C(O)Cc1nc2ccccc2o1.